The molecule has 1 saturated heterocycles. The summed E-state index contributed by atoms with van der Waals surface area (Å²) in [6.07, 6.45) is 3.75. The molecule has 1 aliphatic heterocycles. The van der Waals surface area contributed by atoms with E-state index in [1.54, 1.807) is 11.3 Å². The summed E-state index contributed by atoms with van der Waals surface area (Å²) in [5, 5.41) is 3.15. The van der Waals surface area contributed by atoms with E-state index in [1.165, 1.54) is 5.56 Å². The van der Waals surface area contributed by atoms with Gasteiger partial charge in [-0.15, -0.1) is 11.3 Å². The number of thiazole rings is 1. The molecule has 0 radical (unpaired) electrons. The van der Waals surface area contributed by atoms with Crippen LogP contribution < -0.4 is 9.80 Å². The molecule has 0 saturated carbocycles. The van der Waals surface area contributed by atoms with Crippen LogP contribution in [0.15, 0.2) is 28.3 Å². The van der Waals surface area contributed by atoms with Gasteiger partial charge >= 0.3 is 0 Å². The van der Waals surface area contributed by atoms with Crippen molar-refractivity contribution < 1.29 is 0 Å². The van der Waals surface area contributed by atoms with Crippen molar-refractivity contribution in [3.05, 3.63) is 33.9 Å². The molecule has 0 aliphatic carbocycles. The molecule has 4 nitrogen and oxygen atoms in total. The number of nitrogens with zero attached hydrogens (tertiary/aromatic N) is 4. The van der Waals surface area contributed by atoms with Crippen LogP contribution in [0.25, 0.3) is 0 Å². The summed E-state index contributed by atoms with van der Waals surface area (Å²) < 4.78 is 1.07. The van der Waals surface area contributed by atoms with Crippen molar-refractivity contribution in [2.24, 2.45) is 0 Å². The molecule has 0 atom stereocenters. The van der Waals surface area contributed by atoms with Crippen molar-refractivity contribution in [2.75, 3.05) is 36.0 Å². The van der Waals surface area contributed by atoms with E-state index in [1.807, 2.05) is 17.8 Å². The van der Waals surface area contributed by atoms with Crippen LogP contribution in [0.2, 0.25) is 0 Å². The number of pyridine rings is 1. The third-order valence-electron chi connectivity index (χ3n) is 3.33. The lowest BCUT2D eigenvalue weighted by Crippen LogP contribution is -2.46. The first-order chi connectivity index (χ1) is 9.24. The van der Waals surface area contributed by atoms with Crippen molar-refractivity contribution >= 4 is 38.2 Å². The summed E-state index contributed by atoms with van der Waals surface area (Å²) in [6, 6.07) is 2.14. The fraction of sp³-hybridized carbons (Fsp3) is 0.385. The van der Waals surface area contributed by atoms with Crippen LogP contribution in [0.3, 0.4) is 0 Å². The van der Waals surface area contributed by atoms with E-state index in [4.69, 9.17) is 0 Å². The molecule has 0 aromatic carbocycles. The van der Waals surface area contributed by atoms with Gasteiger partial charge in [-0.05, 0) is 34.5 Å². The standard InChI is InChI=1S/C13H15BrN4S/c1-10-8-12(16-9-11(10)14)17-3-5-18(6-4-17)13-15-2-7-19-13/h2,7-9H,3-6H2,1H3. The van der Waals surface area contributed by atoms with E-state index in [0.29, 0.717) is 0 Å². The van der Waals surface area contributed by atoms with Crippen LogP contribution in [0.5, 0.6) is 0 Å². The Kier molecular flexibility index (Phi) is 3.70. The molecule has 2 aromatic heterocycles. The van der Waals surface area contributed by atoms with Gasteiger partial charge < -0.3 is 9.80 Å². The topological polar surface area (TPSA) is 32.3 Å². The van der Waals surface area contributed by atoms with Crippen molar-refractivity contribution in [3.8, 4) is 0 Å². The Labute approximate surface area is 125 Å². The number of halogens is 1. The zero-order chi connectivity index (χ0) is 13.2. The zero-order valence-electron chi connectivity index (χ0n) is 10.7. The molecule has 0 unspecified atom stereocenters. The van der Waals surface area contributed by atoms with Gasteiger partial charge in [0.1, 0.15) is 5.82 Å². The fourth-order valence-electron chi connectivity index (χ4n) is 2.20. The lowest BCUT2D eigenvalue weighted by atomic mass is 10.2. The minimum Gasteiger partial charge on any atom is -0.353 e. The maximum absolute atomic E-state index is 4.50. The molecule has 3 heterocycles. The van der Waals surface area contributed by atoms with E-state index in [2.05, 4.69) is 48.7 Å². The van der Waals surface area contributed by atoms with E-state index >= 15 is 0 Å². The van der Waals surface area contributed by atoms with Crippen molar-refractivity contribution in [1.29, 1.82) is 0 Å². The Hall–Kier alpha value is -1.14. The second-order valence-electron chi connectivity index (χ2n) is 4.58. The Morgan fingerprint density at radius 3 is 2.53 bits per heavy atom. The lowest BCUT2D eigenvalue weighted by molar-refractivity contribution is 0.646. The highest BCUT2D eigenvalue weighted by molar-refractivity contribution is 9.10. The molecule has 0 spiro atoms. The largest absolute Gasteiger partial charge is 0.353 e. The van der Waals surface area contributed by atoms with Gasteiger partial charge in [-0.1, -0.05) is 0 Å². The number of hydrogen-bond donors (Lipinski definition) is 0. The maximum Gasteiger partial charge on any atom is 0.185 e. The second kappa shape index (κ2) is 5.46. The van der Waals surface area contributed by atoms with E-state index < -0.39 is 0 Å². The first-order valence-corrected chi connectivity index (χ1v) is 7.93. The zero-order valence-corrected chi connectivity index (χ0v) is 13.1. The molecular formula is C13H15BrN4S. The number of anilines is 2. The van der Waals surface area contributed by atoms with Gasteiger partial charge in [0.2, 0.25) is 0 Å². The molecule has 1 fully saturated rings. The average molecular weight is 339 g/mol. The van der Waals surface area contributed by atoms with Crippen LogP contribution >= 0.6 is 27.3 Å². The van der Waals surface area contributed by atoms with Crippen LogP contribution in [0, 0.1) is 6.92 Å². The van der Waals surface area contributed by atoms with Gasteiger partial charge in [0.15, 0.2) is 5.13 Å². The SMILES string of the molecule is Cc1cc(N2CCN(c3nccs3)CC2)ncc1Br. The molecular weight excluding hydrogens is 324 g/mol. The fourth-order valence-corrected chi connectivity index (χ4v) is 3.11. The third kappa shape index (κ3) is 2.74. The minimum absolute atomic E-state index is 0.994. The Morgan fingerprint density at radius 2 is 1.89 bits per heavy atom. The van der Waals surface area contributed by atoms with Crippen LogP contribution in [0.4, 0.5) is 10.9 Å². The molecule has 3 rings (SSSR count). The minimum atomic E-state index is 0.994. The summed E-state index contributed by atoms with van der Waals surface area (Å²) in [5.41, 5.74) is 1.23. The molecule has 0 amide bonds. The van der Waals surface area contributed by atoms with E-state index in [-0.39, 0.29) is 0 Å². The van der Waals surface area contributed by atoms with Gasteiger partial charge in [0.05, 0.1) is 0 Å². The highest BCUT2D eigenvalue weighted by Crippen LogP contribution is 2.23. The molecule has 0 N–H and O–H groups in total. The van der Waals surface area contributed by atoms with Crippen LogP contribution in [-0.4, -0.2) is 36.1 Å². The number of piperazine rings is 1. The second-order valence-corrected chi connectivity index (χ2v) is 6.31. The summed E-state index contributed by atoms with van der Waals surface area (Å²) in [7, 11) is 0. The van der Waals surface area contributed by atoms with E-state index in [9.17, 15) is 0 Å². The summed E-state index contributed by atoms with van der Waals surface area (Å²) in [6.45, 7) is 6.09. The smallest absolute Gasteiger partial charge is 0.185 e. The first-order valence-electron chi connectivity index (χ1n) is 6.25. The monoisotopic (exact) mass is 338 g/mol. The summed E-state index contributed by atoms with van der Waals surface area (Å²) in [4.78, 5) is 13.5. The Morgan fingerprint density at radius 1 is 1.16 bits per heavy atom. The van der Waals surface area contributed by atoms with Gasteiger partial charge in [0.25, 0.3) is 0 Å². The predicted molar refractivity (Wildman–Crippen MR) is 83.2 cm³/mol. The highest BCUT2D eigenvalue weighted by Gasteiger charge is 2.19. The van der Waals surface area contributed by atoms with Crippen molar-refractivity contribution in [3.63, 3.8) is 0 Å². The number of rotatable bonds is 2. The predicted octanol–water partition coefficient (Wildman–Crippen LogP) is 2.94. The third-order valence-corrected chi connectivity index (χ3v) is 4.99. The number of hydrogen-bond acceptors (Lipinski definition) is 5. The normalized spacial score (nSPS) is 15.9. The molecule has 2 aromatic rings. The molecule has 6 heteroatoms. The van der Waals surface area contributed by atoms with Crippen molar-refractivity contribution in [2.45, 2.75) is 6.92 Å². The lowest BCUT2D eigenvalue weighted by Gasteiger charge is -2.35. The summed E-state index contributed by atoms with van der Waals surface area (Å²) >= 11 is 5.20. The summed E-state index contributed by atoms with van der Waals surface area (Å²) in [5.74, 6) is 1.07. The number of aromatic nitrogens is 2. The molecule has 19 heavy (non-hydrogen) atoms. The van der Waals surface area contributed by atoms with Crippen LogP contribution in [0.1, 0.15) is 5.56 Å². The number of aryl methyl sites for hydroxylation is 1. The Bertz CT molecular complexity index is 550. The van der Waals surface area contributed by atoms with E-state index in [0.717, 1.165) is 41.6 Å². The highest BCUT2D eigenvalue weighted by atomic mass is 79.9. The Balaban J connectivity index is 1.68. The quantitative estimate of drug-likeness (QED) is 0.842. The van der Waals surface area contributed by atoms with Gasteiger partial charge in [-0.2, -0.15) is 0 Å². The molecule has 0 bridgehead atoms. The van der Waals surface area contributed by atoms with Gasteiger partial charge in [0, 0.05) is 48.4 Å². The molecule has 100 valence electrons. The van der Waals surface area contributed by atoms with Crippen molar-refractivity contribution in [1.82, 2.24) is 9.97 Å². The molecule has 1 aliphatic rings. The first kappa shape index (κ1) is 12.9. The maximum atomic E-state index is 4.50. The van der Waals surface area contributed by atoms with Gasteiger partial charge in [-0.25, -0.2) is 9.97 Å². The van der Waals surface area contributed by atoms with Gasteiger partial charge in [-0.3, -0.25) is 0 Å². The van der Waals surface area contributed by atoms with Crippen LogP contribution in [-0.2, 0) is 0 Å². The average Bonchev–Trinajstić information content (AvgIpc) is 2.96.